The van der Waals surface area contributed by atoms with E-state index in [-0.39, 0.29) is 5.75 Å². The van der Waals surface area contributed by atoms with Gasteiger partial charge in [0.25, 0.3) is 0 Å². The van der Waals surface area contributed by atoms with Crippen LogP contribution in [0.5, 0.6) is 5.75 Å². The van der Waals surface area contributed by atoms with Gasteiger partial charge in [0.15, 0.2) is 5.75 Å². The zero-order valence-corrected chi connectivity index (χ0v) is 10.6. The summed E-state index contributed by atoms with van der Waals surface area (Å²) in [6.45, 7) is 0. The number of benzene rings is 1. The lowest BCUT2D eigenvalue weighted by molar-refractivity contribution is 0.465. The van der Waals surface area contributed by atoms with Crippen molar-refractivity contribution >= 4 is 0 Å². The molecule has 0 fully saturated rings. The van der Waals surface area contributed by atoms with Crippen LogP contribution in [0.4, 0.5) is 0 Å². The van der Waals surface area contributed by atoms with Crippen molar-refractivity contribution in [2.75, 3.05) is 0 Å². The molecular formula is C16H12N2O2. The molecule has 0 amide bonds. The summed E-state index contributed by atoms with van der Waals surface area (Å²) in [6, 6.07) is 16.8. The van der Waals surface area contributed by atoms with Crippen molar-refractivity contribution in [3.63, 3.8) is 0 Å². The predicted molar refractivity (Wildman–Crippen MR) is 76.9 cm³/mol. The molecule has 0 aliphatic carbocycles. The van der Waals surface area contributed by atoms with Gasteiger partial charge < -0.3 is 9.67 Å². The Morgan fingerprint density at radius 2 is 1.75 bits per heavy atom. The molecule has 1 N–H and O–H groups in total. The Hall–Kier alpha value is -2.88. The zero-order chi connectivity index (χ0) is 13.9. The van der Waals surface area contributed by atoms with Gasteiger partial charge in [-0.1, -0.05) is 36.4 Å². The smallest absolute Gasteiger partial charge is 0.223 e. The molecule has 0 bridgehead atoms. The van der Waals surface area contributed by atoms with Crippen LogP contribution in [0.1, 0.15) is 0 Å². The van der Waals surface area contributed by atoms with Crippen LogP contribution in [0, 0.1) is 0 Å². The minimum absolute atomic E-state index is 0.292. The van der Waals surface area contributed by atoms with Crippen LogP contribution >= 0.6 is 0 Å². The van der Waals surface area contributed by atoms with Gasteiger partial charge in [-0.3, -0.25) is 4.79 Å². The Bertz CT molecular complexity index is 795. The molecule has 98 valence electrons. The first-order valence-electron chi connectivity index (χ1n) is 6.18. The van der Waals surface area contributed by atoms with Gasteiger partial charge in [-0.05, 0) is 12.1 Å². The van der Waals surface area contributed by atoms with Crippen LogP contribution in [0.15, 0.2) is 71.8 Å². The number of nitrogens with zero attached hydrogens (tertiary/aromatic N) is 2. The predicted octanol–water partition coefficient (Wildman–Crippen LogP) is 2.61. The lowest BCUT2D eigenvalue weighted by Crippen LogP contribution is -2.05. The second-order valence-corrected chi connectivity index (χ2v) is 4.35. The standard InChI is InChI=1S/C16H12N2O2/c19-14-9-10-18(11-15(14)20)16-8-4-7-13(17-16)12-5-2-1-3-6-12/h1-11,20H. The maximum atomic E-state index is 11.2. The molecule has 3 rings (SSSR count). The Kier molecular flexibility index (Phi) is 3.05. The molecule has 4 nitrogen and oxygen atoms in total. The largest absolute Gasteiger partial charge is 0.503 e. The first-order valence-corrected chi connectivity index (χ1v) is 6.18. The van der Waals surface area contributed by atoms with Crippen molar-refractivity contribution in [1.82, 2.24) is 9.55 Å². The number of rotatable bonds is 2. The van der Waals surface area contributed by atoms with E-state index in [4.69, 9.17) is 0 Å². The Balaban J connectivity index is 2.07. The maximum Gasteiger partial charge on any atom is 0.223 e. The van der Waals surface area contributed by atoms with Gasteiger partial charge in [0, 0.05) is 17.8 Å². The van der Waals surface area contributed by atoms with Crippen LogP contribution in [0.2, 0.25) is 0 Å². The van der Waals surface area contributed by atoms with Gasteiger partial charge >= 0.3 is 0 Å². The van der Waals surface area contributed by atoms with E-state index in [9.17, 15) is 9.90 Å². The third kappa shape index (κ3) is 2.31. The van der Waals surface area contributed by atoms with Gasteiger partial charge in [-0.2, -0.15) is 0 Å². The van der Waals surface area contributed by atoms with Gasteiger partial charge in [0.05, 0.1) is 11.9 Å². The Morgan fingerprint density at radius 1 is 0.950 bits per heavy atom. The molecular weight excluding hydrogens is 252 g/mol. The van der Waals surface area contributed by atoms with Crippen molar-refractivity contribution in [2.24, 2.45) is 0 Å². The van der Waals surface area contributed by atoms with E-state index in [1.165, 1.54) is 12.3 Å². The van der Waals surface area contributed by atoms with Crippen LogP contribution in [0.25, 0.3) is 17.1 Å². The summed E-state index contributed by atoms with van der Waals surface area (Å²) >= 11 is 0. The molecule has 0 saturated carbocycles. The Morgan fingerprint density at radius 3 is 2.50 bits per heavy atom. The molecule has 4 heteroatoms. The second-order valence-electron chi connectivity index (χ2n) is 4.35. The summed E-state index contributed by atoms with van der Waals surface area (Å²) in [5.41, 5.74) is 1.45. The molecule has 2 aromatic heterocycles. The molecule has 0 aliphatic heterocycles. The van der Waals surface area contributed by atoms with Crippen molar-refractivity contribution in [3.8, 4) is 22.8 Å². The molecule has 0 unspecified atom stereocenters. The highest BCUT2D eigenvalue weighted by molar-refractivity contribution is 5.59. The summed E-state index contributed by atoms with van der Waals surface area (Å²) in [7, 11) is 0. The maximum absolute atomic E-state index is 11.2. The monoisotopic (exact) mass is 264 g/mol. The quantitative estimate of drug-likeness (QED) is 0.774. The van der Waals surface area contributed by atoms with Crippen LogP contribution < -0.4 is 5.43 Å². The third-order valence-corrected chi connectivity index (χ3v) is 2.97. The summed E-state index contributed by atoms with van der Waals surface area (Å²) in [4.78, 5) is 15.7. The Labute approximate surface area is 115 Å². The highest BCUT2D eigenvalue weighted by Crippen LogP contribution is 2.18. The first kappa shape index (κ1) is 12.2. The van der Waals surface area contributed by atoms with E-state index in [0.29, 0.717) is 5.82 Å². The number of hydrogen-bond acceptors (Lipinski definition) is 3. The van der Waals surface area contributed by atoms with Crippen molar-refractivity contribution in [1.29, 1.82) is 0 Å². The van der Waals surface area contributed by atoms with E-state index in [2.05, 4.69) is 4.98 Å². The molecule has 20 heavy (non-hydrogen) atoms. The van der Waals surface area contributed by atoms with Crippen LogP contribution in [-0.4, -0.2) is 14.7 Å². The average molecular weight is 264 g/mol. The number of pyridine rings is 2. The van der Waals surface area contributed by atoms with Gasteiger partial charge in [-0.15, -0.1) is 0 Å². The second kappa shape index (κ2) is 5.01. The number of aromatic hydroxyl groups is 1. The zero-order valence-electron chi connectivity index (χ0n) is 10.6. The lowest BCUT2D eigenvalue weighted by Gasteiger charge is -2.08. The molecule has 2 heterocycles. The minimum atomic E-state index is -0.402. The van der Waals surface area contributed by atoms with E-state index >= 15 is 0 Å². The van der Waals surface area contributed by atoms with Crippen LogP contribution in [0.3, 0.4) is 0 Å². The van der Waals surface area contributed by atoms with Crippen LogP contribution in [-0.2, 0) is 0 Å². The summed E-state index contributed by atoms with van der Waals surface area (Å²) in [5, 5.41) is 9.49. The average Bonchev–Trinajstić information content (AvgIpc) is 2.51. The first-order chi connectivity index (χ1) is 9.74. The summed E-state index contributed by atoms with van der Waals surface area (Å²) in [6.07, 6.45) is 2.94. The fraction of sp³-hybridized carbons (Fsp3) is 0. The molecule has 0 atom stereocenters. The van der Waals surface area contributed by atoms with Crippen molar-refractivity contribution in [2.45, 2.75) is 0 Å². The third-order valence-electron chi connectivity index (χ3n) is 2.97. The molecule has 0 aliphatic rings. The highest BCUT2D eigenvalue weighted by atomic mass is 16.3. The van der Waals surface area contributed by atoms with Crippen molar-refractivity contribution in [3.05, 3.63) is 77.2 Å². The molecule has 0 spiro atoms. The summed E-state index contributed by atoms with van der Waals surface area (Å²) < 4.78 is 1.61. The minimum Gasteiger partial charge on any atom is -0.503 e. The van der Waals surface area contributed by atoms with E-state index in [0.717, 1.165) is 11.3 Å². The van der Waals surface area contributed by atoms with Crippen molar-refractivity contribution < 1.29 is 5.11 Å². The summed E-state index contributed by atoms with van der Waals surface area (Å²) in [5.74, 6) is 0.348. The highest BCUT2D eigenvalue weighted by Gasteiger charge is 2.03. The molecule has 0 radical (unpaired) electrons. The lowest BCUT2D eigenvalue weighted by atomic mass is 10.1. The fourth-order valence-corrected chi connectivity index (χ4v) is 1.95. The SMILES string of the molecule is O=c1ccn(-c2cccc(-c3ccccc3)n2)cc1O. The number of aromatic nitrogens is 2. The van der Waals surface area contributed by atoms with E-state index < -0.39 is 5.43 Å². The van der Waals surface area contributed by atoms with Gasteiger partial charge in [0.2, 0.25) is 5.43 Å². The topological polar surface area (TPSA) is 55.1 Å². The molecule has 0 saturated heterocycles. The van der Waals surface area contributed by atoms with Gasteiger partial charge in [0.1, 0.15) is 5.82 Å². The van der Waals surface area contributed by atoms with Gasteiger partial charge in [-0.25, -0.2) is 4.98 Å². The molecule has 3 aromatic rings. The van der Waals surface area contributed by atoms with E-state index in [1.54, 1.807) is 10.8 Å². The number of hydrogen-bond donors (Lipinski definition) is 1. The normalized spacial score (nSPS) is 10.4. The fourth-order valence-electron chi connectivity index (χ4n) is 1.95. The molecule has 1 aromatic carbocycles. The van der Waals surface area contributed by atoms with E-state index in [1.807, 2.05) is 48.5 Å².